The van der Waals surface area contributed by atoms with Gasteiger partial charge in [-0.15, -0.1) is 0 Å². The normalized spacial score (nSPS) is 19.1. The molecule has 0 saturated heterocycles. The summed E-state index contributed by atoms with van der Waals surface area (Å²) < 4.78 is 0. The molecule has 104 valence electrons. The van der Waals surface area contributed by atoms with E-state index < -0.39 is 7.05 Å². The zero-order valence-corrected chi connectivity index (χ0v) is 11.7. The van der Waals surface area contributed by atoms with Crippen LogP contribution in [0.15, 0.2) is 23.3 Å². The van der Waals surface area contributed by atoms with Gasteiger partial charge < -0.3 is 5.02 Å². The summed E-state index contributed by atoms with van der Waals surface area (Å²) in [6, 6.07) is 5.80. The number of hydrazone groups is 1. The molecule has 0 aromatic heterocycles. The summed E-state index contributed by atoms with van der Waals surface area (Å²) in [4.78, 5) is 13.8. The van der Waals surface area contributed by atoms with Gasteiger partial charge in [0.1, 0.15) is 0 Å². The third-order valence-corrected chi connectivity index (χ3v) is 4.25. The first-order chi connectivity index (χ1) is 9.66. The number of carbonyl (C=O) groups is 1. The van der Waals surface area contributed by atoms with Crippen LogP contribution in [0.1, 0.15) is 43.2 Å². The third-order valence-electron chi connectivity index (χ3n) is 4.25. The van der Waals surface area contributed by atoms with Crippen LogP contribution in [-0.2, 0) is 4.79 Å². The van der Waals surface area contributed by atoms with Gasteiger partial charge in [-0.05, 0) is 30.8 Å². The number of nitrogens with zero attached hydrogens (tertiary/aromatic N) is 2. The van der Waals surface area contributed by atoms with Gasteiger partial charge in [0, 0.05) is 5.92 Å². The van der Waals surface area contributed by atoms with Crippen LogP contribution < -0.4 is 5.46 Å². The molecular weight excluding hydrogens is 251 g/mol. The van der Waals surface area contributed by atoms with Crippen molar-refractivity contribution in [2.75, 3.05) is 0 Å². The largest absolute Gasteiger partial charge is 0.474 e. The van der Waals surface area contributed by atoms with Crippen LogP contribution in [0.4, 0.5) is 0 Å². The second-order valence-electron chi connectivity index (χ2n) is 5.77. The quantitative estimate of drug-likeness (QED) is 0.785. The average Bonchev–Trinajstić information content (AvgIpc) is 2.48. The molecule has 1 amide bonds. The van der Waals surface area contributed by atoms with E-state index in [0.29, 0.717) is 0 Å². The summed E-state index contributed by atoms with van der Waals surface area (Å²) in [5, 5.41) is 14.6. The van der Waals surface area contributed by atoms with Crippen molar-refractivity contribution in [2.45, 2.75) is 39.0 Å². The van der Waals surface area contributed by atoms with Crippen LogP contribution in [0.25, 0.3) is 0 Å². The van der Waals surface area contributed by atoms with Crippen LogP contribution in [-0.4, -0.2) is 29.1 Å². The molecule has 1 aliphatic carbocycles. The van der Waals surface area contributed by atoms with Crippen molar-refractivity contribution in [3.8, 4) is 0 Å². The van der Waals surface area contributed by atoms with Gasteiger partial charge in [0.2, 0.25) is 5.91 Å². The van der Waals surface area contributed by atoms with E-state index in [0.717, 1.165) is 42.3 Å². The molecule has 3 rings (SSSR count). The van der Waals surface area contributed by atoms with Gasteiger partial charge in [0.25, 0.3) is 0 Å². The second-order valence-corrected chi connectivity index (χ2v) is 5.77. The van der Waals surface area contributed by atoms with Gasteiger partial charge in [0.15, 0.2) is 0 Å². The first-order valence-corrected chi connectivity index (χ1v) is 7.32. The second kappa shape index (κ2) is 5.41. The van der Waals surface area contributed by atoms with Gasteiger partial charge >= 0.3 is 7.05 Å². The molecule has 1 aliphatic heterocycles. The van der Waals surface area contributed by atoms with Gasteiger partial charge in [0.05, 0.1) is 6.21 Å². The number of hydrogen-bond acceptors (Lipinski definition) is 3. The monoisotopic (exact) mass is 270 g/mol. The molecule has 1 aromatic carbocycles. The van der Waals surface area contributed by atoms with E-state index in [-0.39, 0.29) is 11.8 Å². The maximum Gasteiger partial charge on any atom is 0.474 e. The highest BCUT2D eigenvalue weighted by Gasteiger charge is 2.36. The molecule has 0 bridgehead atoms. The molecule has 1 aromatic rings. The Morgan fingerprint density at radius 1 is 1.35 bits per heavy atom. The van der Waals surface area contributed by atoms with E-state index in [9.17, 15) is 9.82 Å². The molecule has 20 heavy (non-hydrogen) atoms. The first-order valence-electron chi connectivity index (χ1n) is 7.32. The number of benzene rings is 1. The maximum atomic E-state index is 12.5. The highest BCUT2D eigenvalue weighted by atomic mass is 16.2. The van der Waals surface area contributed by atoms with E-state index in [1.54, 1.807) is 6.21 Å². The minimum absolute atomic E-state index is 0.0162. The van der Waals surface area contributed by atoms with E-state index >= 15 is 0 Å². The Morgan fingerprint density at radius 3 is 2.85 bits per heavy atom. The molecule has 0 unspecified atom stereocenters. The fourth-order valence-corrected chi connectivity index (χ4v) is 3.07. The minimum Gasteiger partial charge on any atom is -0.427 e. The fourth-order valence-electron chi connectivity index (χ4n) is 3.07. The maximum absolute atomic E-state index is 12.5. The van der Waals surface area contributed by atoms with Crippen molar-refractivity contribution in [3.63, 3.8) is 0 Å². The summed E-state index contributed by atoms with van der Waals surface area (Å²) in [6.45, 7) is 2.00. The number of hydrogen-bond donors (Lipinski definition) is 1. The molecule has 5 heteroatoms. The standard InChI is InChI=1S/C15H19BN2O2/c1-11-7-8-14-13(9-11)10-17-18(16(14)20)15(19)12-5-3-2-4-6-12/h7-10,12,20H,2-6H2,1H3. The smallest absolute Gasteiger partial charge is 0.427 e. The number of carbonyl (C=O) groups excluding carboxylic acids is 1. The van der Waals surface area contributed by atoms with E-state index in [1.807, 2.05) is 25.1 Å². The topological polar surface area (TPSA) is 52.9 Å². The highest BCUT2D eigenvalue weighted by molar-refractivity contribution is 6.67. The first kappa shape index (κ1) is 13.4. The molecule has 1 N–H and O–H groups in total. The lowest BCUT2D eigenvalue weighted by atomic mass is 9.68. The minimum atomic E-state index is -0.954. The van der Waals surface area contributed by atoms with Crippen molar-refractivity contribution >= 4 is 24.6 Å². The van der Waals surface area contributed by atoms with Gasteiger partial charge in [-0.2, -0.15) is 5.10 Å². The van der Waals surface area contributed by atoms with Crippen molar-refractivity contribution < 1.29 is 9.82 Å². The zero-order valence-electron chi connectivity index (χ0n) is 11.7. The van der Waals surface area contributed by atoms with Gasteiger partial charge in [-0.25, -0.2) is 4.92 Å². The number of rotatable bonds is 1. The summed E-state index contributed by atoms with van der Waals surface area (Å²) in [5.74, 6) is -0.0257. The van der Waals surface area contributed by atoms with E-state index in [4.69, 9.17) is 0 Å². The van der Waals surface area contributed by atoms with Gasteiger partial charge in [-0.1, -0.05) is 43.0 Å². The molecular formula is C15H19BN2O2. The average molecular weight is 270 g/mol. The third kappa shape index (κ3) is 2.38. The molecule has 2 aliphatic rings. The highest BCUT2D eigenvalue weighted by Crippen LogP contribution is 2.26. The van der Waals surface area contributed by atoms with Crippen molar-refractivity contribution in [1.29, 1.82) is 0 Å². The lowest BCUT2D eigenvalue weighted by Gasteiger charge is -2.30. The Kier molecular flexibility index (Phi) is 3.61. The van der Waals surface area contributed by atoms with Crippen LogP contribution in [0, 0.1) is 12.8 Å². The summed E-state index contributed by atoms with van der Waals surface area (Å²) in [5.41, 5.74) is 2.77. The molecule has 1 heterocycles. The fraction of sp³-hybridized carbons (Fsp3) is 0.467. The lowest BCUT2D eigenvalue weighted by molar-refractivity contribution is -0.132. The van der Waals surface area contributed by atoms with Crippen LogP contribution in [0.3, 0.4) is 0 Å². The molecule has 4 nitrogen and oxygen atoms in total. The van der Waals surface area contributed by atoms with Crippen molar-refractivity contribution in [1.82, 2.24) is 4.92 Å². The van der Waals surface area contributed by atoms with Crippen molar-refractivity contribution in [3.05, 3.63) is 29.3 Å². The predicted molar refractivity (Wildman–Crippen MR) is 79.8 cm³/mol. The van der Waals surface area contributed by atoms with Crippen LogP contribution >= 0.6 is 0 Å². The molecule has 1 fully saturated rings. The SMILES string of the molecule is Cc1ccc2c(c1)C=NN(C(=O)C1CCCCC1)B2O. The van der Waals surface area contributed by atoms with Crippen LogP contribution in [0.5, 0.6) is 0 Å². The lowest BCUT2D eigenvalue weighted by Crippen LogP contribution is -2.54. The summed E-state index contributed by atoms with van der Waals surface area (Å²) in [7, 11) is -0.954. The number of fused-ring (bicyclic) bond motifs is 1. The Morgan fingerprint density at radius 2 is 2.10 bits per heavy atom. The van der Waals surface area contributed by atoms with Gasteiger partial charge in [-0.3, -0.25) is 4.79 Å². The number of amides is 1. The van der Waals surface area contributed by atoms with E-state index in [2.05, 4.69) is 5.10 Å². The number of aryl methyl sites for hydroxylation is 1. The Bertz CT molecular complexity index is 553. The Labute approximate surface area is 119 Å². The van der Waals surface area contributed by atoms with E-state index in [1.165, 1.54) is 11.3 Å². The molecule has 1 saturated carbocycles. The predicted octanol–water partition coefficient (Wildman–Crippen LogP) is 1.44. The Hall–Kier alpha value is -1.62. The molecule has 0 atom stereocenters. The van der Waals surface area contributed by atoms with Crippen molar-refractivity contribution in [2.24, 2.45) is 11.0 Å². The summed E-state index contributed by atoms with van der Waals surface area (Å²) in [6.07, 6.45) is 6.91. The summed E-state index contributed by atoms with van der Waals surface area (Å²) >= 11 is 0. The molecule has 0 spiro atoms. The van der Waals surface area contributed by atoms with Crippen LogP contribution in [0.2, 0.25) is 0 Å². The Balaban J connectivity index is 1.83. The molecule has 0 radical (unpaired) electrons. The zero-order chi connectivity index (χ0) is 14.1.